The number of likely N-dealkylation sites (tertiary alicyclic amines) is 1. The molecule has 2 aromatic rings. The van der Waals surface area contributed by atoms with E-state index in [1.165, 1.54) is 0 Å². The van der Waals surface area contributed by atoms with Crippen molar-refractivity contribution < 1.29 is 13.2 Å². The van der Waals surface area contributed by atoms with Gasteiger partial charge in [0.2, 0.25) is 10.0 Å². The van der Waals surface area contributed by atoms with Crippen molar-refractivity contribution in [2.75, 3.05) is 23.1 Å². The van der Waals surface area contributed by atoms with Gasteiger partial charge in [-0.3, -0.25) is 9.71 Å². The molecule has 7 nitrogen and oxygen atoms in total. The summed E-state index contributed by atoms with van der Waals surface area (Å²) in [5, 5.41) is 2.13. The van der Waals surface area contributed by atoms with Crippen LogP contribution >= 0.6 is 0 Å². The fraction of sp³-hybridized carbons (Fsp3) is 0.294. The molecule has 0 saturated carbocycles. The van der Waals surface area contributed by atoms with Crippen molar-refractivity contribution in [2.24, 2.45) is 0 Å². The smallest absolute Gasteiger partial charge is 0.321 e. The molecule has 3 rings (SSSR count). The second-order valence-electron chi connectivity index (χ2n) is 5.89. The number of nitrogens with one attached hydrogen (secondary N) is 2. The zero-order valence-corrected chi connectivity index (χ0v) is 14.4. The van der Waals surface area contributed by atoms with E-state index in [2.05, 4.69) is 15.0 Å². The highest BCUT2D eigenvalue weighted by molar-refractivity contribution is 7.93. The number of urea groups is 1. The third-order valence-electron chi connectivity index (χ3n) is 4.07. The van der Waals surface area contributed by atoms with Crippen LogP contribution in [0.2, 0.25) is 0 Å². The van der Waals surface area contributed by atoms with Crippen LogP contribution in [0, 0.1) is 0 Å². The first-order chi connectivity index (χ1) is 12.0. The van der Waals surface area contributed by atoms with Gasteiger partial charge in [-0.2, -0.15) is 0 Å². The van der Waals surface area contributed by atoms with Gasteiger partial charge in [0.25, 0.3) is 0 Å². The average molecular weight is 360 g/mol. The van der Waals surface area contributed by atoms with Gasteiger partial charge in [-0.1, -0.05) is 18.2 Å². The summed E-state index contributed by atoms with van der Waals surface area (Å²) >= 11 is 0. The van der Waals surface area contributed by atoms with Gasteiger partial charge in [0, 0.05) is 36.9 Å². The number of carbonyl (C=O) groups excluding carboxylic acids is 1. The summed E-state index contributed by atoms with van der Waals surface area (Å²) in [6, 6.07) is 11.8. The number of anilines is 2. The Morgan fingerprint density at radius 2 is 1.80 bits per heavy atom. The summed E-state index contributed by atoms with van der Waals surface area (Å²) in [6.07, 6.45) is 4.34. The number of sulfonamides is 1. The summed E-state index contributed by atoms with van der Waals surface area (Å²) in [6.45, 7) is 0.702. The minimum absolute atomic E-state index is 0.166. The molecule has 1 atom stereocenters. The van der Waals surface area contributed by atoms with E-state index in [1.807, 2.05) is 6.07 Å². The Hall–Kier alpha value is -2.61. The van der Waals surface area contributed by atoms with Gasteiger partial charge >= 0.3 is 6.03 Å². The van der Waals surface area contributed by atoms with Crippen LogP contribution in [0.1, 0.15) is 12.8 Å². The first kappa shape index (κ1) is 17.2. The van der Waals surface area contributed by atoms with E-state index in [9.17, 15) is 13.2 Å². The van der Waals surface area contributed by atoms with E-state index in [0.29, 0.717) is 30.8 Å². The van der Waals surface area contributed by atoms with E-state index in [-0.39, 0.29) is 12.6 Å². The maximum Gasteiger partial charge on any atom is 0.321 e. The highest BCUT2D eigenvalue weighted by atomic mass is 32.2. The standard InChI is InChI=1S/C17H20N4O3S/c22-17(19-14-8-10-18-11-9-14)21-12-4-7-16(13-21)25(23,24)20-15-5-2-1-3-6-15/h1-3,5-6,8-11,16,20H,4,7,12-13H2,(H,18,19,22). The molecule has 132 valence electrons. The van der Waals surface area contributed by atoms with Gasteiger partial charge in [-0.15, -0.1) is 0 Å². The predicted octanol–water partition coefficient (Wildman–Crippen LogP) is 2.52. The Balaban J connectivity index is 1.65. The monoisotopic (exact) mass is 360 g/mol. The Morgan fingerprint density at radius 3 is 2.52 bits per heavy atom. The molecule has 0 aliphatic carbocycles. The third kappa shape index (κ3) is 4.48. The molecule has 2 N–H and O–H groups in total. The number of carbonyl (C=O) groups is 1. The molecule has 1 fully saturated rings. The largest absolute Gasteiger partial charge is 0.323 e. The van der Waals surface area contributed by atoms with Gasteiger partial charge in [0.05, 0.1) is 5.25 Å². The lowest BCUT2D eigenvalue weighted by Crippen LogP contribution is -2.48. The quantitative estimate of drug-likeness (QED) is 0.876. The number of benzene rings is 1. The van der Waals surface area contributed by atoms with E-state index >= 15 is 0 Å². The lowest BCUT2D eigenvalue weighted by molar-refractivity contribution is 0.200. The zero-order chi connectivity index (χ0) is 17.7. The third-order valence-corrected chi connectivity index (χ3v) is 5.85. The van der Waals surface area contributed by atoms with Crippen molar-refractivity contribution in [2.45, 2.75) is 18.1 Å². The summed E-state index contributed by atoms with van der Waals surface area (Å²) in [5.74, 6) is 0. The lowest BCUT2D eigenvalue weighted by Gasteiger charge is -2.32. The summed E-state index contributed by atoms with van der Waals surface area (Å²) in [7, 11) is -3.56. The molecule has 0 bridgehead atoms. The topological polar surface area (TPSA) is 91.4 Å². The second kappa shape index (κ2) is 7.52. The zero-order valence-electron chi connectivity index (χ0n) is 13.6. The van der Waals surface area contributed by atoms with Crippen LogP contribution in [-0.2, 0) is 10.0 Å². The number of nitrogens with zero attached hydrogens (tertiary/aromatic N) is 2. The molecule has 1 aromatic carbocycles. The molecule has 2 amide bonds. The van der Waals surface area contributed by atoms with Crippen molar-refractivity contribution >= 4 is 27.4 Å². The van der Waals surface area contributed by atoms with E-state index in [0.717, 1.165) is 0 Å². The first-order valence-corrected chi connectivity index (χ1v) is 9.62. The highest BCUT2D eigenvalue weighted by Gasteiger charge is 2.32. The van der Waals surface area contributed by atoms with Crippen LogP contribution in [0.5, 0.6) is 0 Å². The number of hydrogen-bond donors (Lipinski definition) is 2. The van der Waals surface area contributed by atoms with Crippen LogP contribution in [0.15, 0.2) is 54.9 Å². The molecular formula is C17H20N4O3S. The molecule has 2 heterocycles. The molecule has 0 radical (unpaired) electrons. The molecule has 0 spiro atoms. The number of pyridine rings is 1. The molecule has 1 aromatic heterocycles. The SMILES string of the molecule is O=C(Nc1ccncc1)N1CCCC(S(=O)(=O)Nc2ccccc2)C1. The minimum Gasteiger partial charge on any atom is -0.323 e. The Bertz CT molecular complexity index is 812. The number of hydrogen-bond acceptors (Lipinski definition) is 4. The molecule has 1 unspecified atom stereocenters. The minimum atomic E-state index is -3.56. The normalized spacial score (nSPS) is 17.8. The van der Waals surface area contributed by atoms with Crippen LogP contribution in [-0.4, -0.2) is 42.7 Å². The molecule has 1 aliphatic rings. The van der Waals surface area contributed by atoms with Crippen molar-refractivity contribution in [3.05, 3.63) is 54.9 Å². The number of piperidine rings is 1. The molecule has 25 heavy (non-hydrogen) atoms. The Labute approximate surface area is 147 Å². The fourth-order valence-electron chi connectivity index (χ4n) is 2.77. The highest BCUT2D eigenvalue weighted by Crippen LogP contribution is 2.20. The van der Waals surface area contributed by atoms with Crippen molar-refractivity contribution in [3.63, 3.8) is 0 Å². The van der Waals surface area contributed by atoms with E-state index in [4.69, 9.17) is 0 Å². The fourth-order valence-corrected chi connectivity index (χ4v) is 4.25. The Kier molecular flexibility index (Phi) is 5.18. The summed E-state index contributed by atoms with van der Waals surface area (Å²) in [5.41, 5.74) is 1.16. The van der Waals surface area contributed by atoms with Gasteiger partial charge in [0.15, 0.2) is 0 Å². The second-order valence-corrected chi connectivity index (χ2v) is 7.85. The average Bonchev–Trinajstić information content (AvgIpc) is 2.63. The van der Waals surface area contributed by atoms with Crippen LogP contribution in [0.25, 0.3) is 0 Å². The van der Waals surface area contributed by atoms with Gasteiger partial charge in [0.1, 0.15) is 0 Å². The maximum absolute atomic E-state index is 12.6. The number of rotatable bonds is 4. The van der Waals surface area contributed by atoms with Crippen molar-refractivity contribution in [1.82, 2.24) is 9.88 Å². The number of para-hydroxylation sites is 1. The predicted molar refractivity (Wildman–Crippen MR) is 96.8 cm³/mol. The first-order valence-electron chi connectivity index (χ1n) is 8.07. The van der Waals surface area contributed by atoms with E-state index < -0.39 is 15.3 Å². The molecular weight excluding hydrogens is 340 g/mol. The molecule has 1 saturated heterocycles. The van der Waals surface area contributed by atoms with Crippen LogP contribution < -0.4 is 10.0 Å². The van der Waals surface area contributed by atoms with Crippen LogP contribution in [0.3, 0.4) is 0 Å². The van der Waals surface area contributed by atoms with Gasteiger partial charge < -0.3 is 10.2 Å². The van der Waals surface area contributed by atoms with Crippen LogP contribution in [0.4, 0.5) is 16.2 Å². The lowest BCUT2D eigenvalue weighted by atomic mass is 10.1. The summed E-state index contributed by atoms with van der Waals surface area (Å²) < 4.78 is 27.8. The molecule has 8 heteroatoms. The number of aromatic nitrogens is 1. The number of amides is 2. The van der Waals surface area contributed by atoms with E-state index in [1.54, 1.807) is 53.7 Å². The Morgan fingerprint density at radius 1 is 1.08 bits per heavy atom. The molecule has 1 aliphatic heterocycles. The van der Waals surface area contributed by atoms with Gasteiger partial charge in [-0.25, -0.2) is 13.2 Å². The van der Waals surface area contributed by atoms with Crippen molar-refractivity contribution in [3.8, 4) is 0 Å². The van der Waals surface area contributed by atoms with Gasteiger partial charge in [-0.05, 0) is 37.1 Å². The maximum atomic E-state index is 12.6. The summed E-state index contributed by atoms with van der Waals surface area (Å²) in [4.78, 5) is 17.8. The van der Waals surface area contributed by atoms with Crippen molar-refractivity contribution in [1.29, 1.82) is 0 Å².